The molecule has 8 heteroatoms. The molecule has 27 heavy (non-hydrogen) atoms. The summed E-state index contributed by atoms with van der Waals surface area (Å²) >= 11 is 12.2. The van der Waals surface area contributed by atoms with Crippen LogP contribution in [0.4, 0.5) is 0 Å². The molecule has 1 aromatic carbocycles. The van der Waals surface area contributed by atoms with Crippen LogP contribution >= 0.6 is 47.2 Å². The molecule has 0 radical (unpaired) electrons. The van der Waals surface area contributed by atoms with Crippen LogP contribution in [0.5, 0.6) is 0 Å². The van der Waals surface area contributed by atoms with Gasteiger partial charge in [0.05, 0.1) is 24.7 Å². The monoisotopic (exact) mass is 524 g/mol. The number of guanidine groups is 1. The quantitative estimate of drug-likeness (QED) is 0.298. The van der Waals surface area contributed by atoms with Crippen molar-refractivity contribution in [2.45, 2.75) is 33.5 Å². The fourth-order valence-electron chi connectivity index (χ4n) is 2.50. The van der Waals surface area contributed by atoms with Gasteiger partial charge in [0.2, 0.25) is 0 Å². The number of halogens is 3. The zero-order valence-corrected chi connectivity index (χ0v) is 19.7. The first kappa shape index (κ1) is 24.1. The third-order valence-corrected chi connectivity index (χ3v) is 4.83. The molecule has 0 fully saturated rings. The predicted octanol–water partition coefficient (Wildman–Crippen LogP) is 4.74. The van der Waals surface area contributed by atoms with Crippen LogP contribution in [-0.2, 0) is 31.5 Å². The highest BCUT2D eigenvalue weighted by atomic mass is 127. The Hall–Kier alpha value is -0.960. The first-order valence-electron chi connectivity index (χ1n) is 8.73. The van der Waals surface area contributed by atoms with E-state index in [0.29, 0.717) is 36.5 Å². The van der Waals surface area contributed by atoms with Gasteiger partial charge in [0, 0.05) is 25.9 Å². The number of hydrogen-bond acceptors (Lipinski definition) is 2. The topological polar surface area (TPSA) is 50.6 Å². The van der Waals surface area contributed by atoms with Gasteiger partial charge < -0.3 is 19.9 Å². The summed E-state index contributed by atoms with van der Waals surface area (Å²) in [7, 11) is 1.89. The van der Waals surface area contributed by atoms with Gasteiger partial charge in [-0.2, -0.15) is 0 Å². The van der Waals surface area contributed by atoms with Gasteiger partial charge in [0.1, 0.15) is 5.15 Å². The molecule has 0 aliphatic carbocycles. The van der Waals surface area contributed by atoms with Gasteiger partial charge in [-0.1, -0.05) is 47.5 Å². The average Bonchev–Trinajstić information content (AvgIpc) is 2.89. The van der Waals surface area contributed by atoms with E-state index in [2.05, 4.69) is 22.8 Å². The van der Waals surface area contributed by atoms with Crippen LogP contribution in [0.25, 0.3) is 0 Å². The SMILES string of the molecule is CCNC(=NCc1ccccc1COCC)NCc1cc(Cl)c(Cl)n1C.I. The first-order valence-corrected chi connectivity index (χ1v) is 9.48. The van der Waals surface area contributed by atoms with Crippen LogP contribution in [0.2, 0.25) is 10.2 Å². The van der Waals surface area contributed by atoms with E-state index in [1.807, 2.05) is 43.7 Å². The van der Waals surface area contributed by atoms with Crippen molar-refractivity contribution in [2.24, 2.45) is 12.0 Å². The van der Waals surface area contributed by atoms with Crippen LogP contribution in [-0.4, -0.2) is 23.7 Å². The number of nitrogens with zero attached hydrogens (tertiary/aromatic N) is 2. The maximum Gasteiger partial charge on any atom is 0.191 e. The van der Waals surface area contributed by atoms with Crippen molar-refractivity contribution in [1.82, 2.24) is 15.2 Å². The molecule has 2 aromatic rings. The molecule has 0 saturated heterocycles. The van der Waals surface area contributed by atoms with Crippen LogP contribution in [0.15, 0.2) is 35.3 Å². The Labute approximate surface area is 188 Å². The second-order valence-corrected chi connectivity index (χ2v) is 6.55. The minimum atomic E-state index is 0. The van der Waals surface area contributed by atoms with E-state index in [0.717, 1.165) is 29.3 Å². The molecule has 2 rings (SSSR count). The van der Waals surface area contributed by atoms with Crippen LogP contribution < -0.4 is 10.6 Å². The fourth-order valence-corrected chi connectivity index (χ4v) is 2.92. The lowest BCUT2D eigenvalue weighted by Gasteiger charge is -2.13. The molecular weight excluding hydrogens is 498 g/mol. The van der Waals surface area contributed by atoms with Gasteiger partial charge in [-0.15, -0.1) is 24.0 Å². The van der Waals surface area contributed by atoms with Crippen molar-refractivity contribution in [3.8, 4) is 0 Å². The number of aliphatic imine (C=N–C) groups is 1. The maximum absolute atomic E-state index is 6.12. The summed E-state index contributed by atoms with van der Waals surface area (Å²) in [6, 6.07) is 10.1. The van der Waals surface area contributed by atoms with E-state index < -0.39 is 0 Å². The lowest BCUT2D eigenvalue weighted by Crippen LogP contribution is -2.37. The van der Waals surface area contributed by atoms with Crippen molar-refractivity contribution in [3.05, 3.63) is 57.3 Å². The molecule has 0 saturated carbocycles. The van der Waals surface area contributed by atoms with Gasteiger partial charge in [-0.3, -0.25) is 0 Å². The molecular formula is C19H27Cl2IN4O. The number of nitrogens with one attached hydrogen (secondary N) is 2. The minimum absolute atomic E-state index is 0. The molecule has 150 valence electrons. The van der Waals surface area contributed by atoms with Gasteiger partial charge in [0.25, 0.3) is 0 Å². The zero-order valence-electron chi connectivity index (χ0n) is 15.9. The molecule has 5 nitrogen and oxygen atoms in total. The first-order chi connectivity index (χ1) is 12.6. The van der Waals surface area contributed by atoms with Crippen LogP contribution in [0.3, 0.4) is 0 Å². The molecule has 1 aromatic heterocycles. The lowest BCUT2D eigenvalue weighted by molar-refractivity contribution is 0.133. The number of rotatable bonds is 8. The van der Waals surface area contributed by atoms with Crippen molar-refractivity contribution in [1.29, 1.82) is 0 Å². The number of ether oxygens (including phenoxy) is 1. The molecule has 0 amide bonds. The zero-order chi connectivity index (χ0) is 18.9. The predicted molar refractivity (Wildman–Crippen MR) is 124 cm³/mol. The van der Waals surface area contributed by atoms with Crippen molar-refractivity contribution in [2.75, 3.05) is 13.2 Å². The van der Waals surface area contributed by atoms with E-state index in [1.165, 1.54) is 0 Å². The van der Waals surface area contributed by atoms with Gasteiger partial charge in [-0.05, 0) is 31.0 Å². The molecule has 1 heterocycles. The second-order valence-electron chi connectivity index (χ2n) is 5.79. The third kappa shape index (κ3) is 7.18. The van der Waals surface area contributed by atoms with Crippen molar-refractivity contribution >= 4 is 53.1 Å². The van der Waals surface area contributed by atoms with Gasteiger partial charge in [-0.25, -0.2) is 4.99 Å². The Morgan fingerprint density at radius 1 is 1.15 bits per heavy atom. The summed E-state index contributed by atoms with van der Waals surface area (Å²) in [5.74, 6) is 0.743. The highest BCUT2D eigenvalue weighted by molar-refractivity contribution is 14.0. The van der Waals surface area contributed by atoms with Gasteiger partial charge >= 0.3 is 0 Å². The van der Waals surface area contributed by atoms with E-state index >= 15 is 0 Å². The number of benzene rings is 1. The molecule has 0 bridgehead atoms. The van der Waals surface area contributed by atoms with E-state index in [4.69, 9.17) is 32.9 Å². The Morgan fingerprint density at radius 3 is 2.44 bits per heavy atom. The molecule has 0 spiro atoms. The Bertz CT molecular complexity index is 749. The Morgan fingerprint density at radius 2 is 1.85 bits per heavy atom. The summed E-state index contributed by atoms with van der Waals surface area (Å²) in [6.07, 6.45) is 0. The van der Waals surface area contributed by atoms with E-state index in [-0.39, 0.29) is 24.0 Å². The normalized spacial score (nSPS) is 11.2. The molecule has 2 N–H and O–H groups in total. The largest absolute Gasteiger partial charge is 0.377 e. The standard InChI is InChI=1S/C19H26Cl2N4O.HI/c1-4-22-19(24-12-16-10-17(20)18(21)25(16)3)23-11-14-8-6-7-9-15(14)13-26-5-2;/h6-10H,4-5,11-13H2,1-3H3,(H2,22,23,24);1H. The fraction of sp³-hybridized carbons (Fsp3) is 0.421. The molecule has 0 atom stereocenters. The highest BCUT2D eigenvalue weighted by Gasteiger charge is 2.09. The Balaban J connectivity index is 0.00000364. The van der Waals surface area contributed by atoms with E-state index in [1.54, 1.807) is 0 Å². The van der Waals surface area contributed by atoms with Crippen LogP contribution in [0.1, 0.15) is 30.7 Å². The minimum Gasteiger partial charge on any atom is -0.377 e. The molecule has 0 unspecified atom stereocenters. The van der Waals surface area contributed by atoms with Crippen LogP contribution in [0, 0.1) is 0 Å². The van der Waals surface area contributed by atoms with E-state index in [9.17, 15) is 0 Å². The Kier molecular flexibility index (Phi) is 11.1. The lowest BCUT2D eigenvalue weighted by atomic mass is 10.1. The maximum atomic E-state index is 6.12. The molecule has 0 aliphatic rings. The third-order valence-electron chi connectivity index (χ3n) is 3.98. The van der Waals surface area contributed by atoms with Crippen molar-refractivity contribution in [3.63, 3.8) is 0 Å². The van der Waals surface area contributed by atoms with Crippen molar-refractivity contribution < 1.29 is 4.74 Å². The average molecular weight is 525 g/mol. The number of aromatic nitrogens is 1. The summed E-state index contributed by atoms with van der Waals surface area (Å²) in [5.41, 5.74) is 3.31. The summed E-state index contributed by atoms with van der Waals surface area (Å²) in [5, 5.41) is 7.67. The summed E-state index contributed by atoms with van der Waals surface area (Å²) < 4.78 is 7.40. The smallest absolute Gasteiger partial charge is 0.191 e. The van der Waals surface area contributed by atoms with Gasteiger partial charge in [0.15, 0.2) is 5.96 Å². The highest BCUT2D eigenvalue weighted by Crippen LogP contribution is 2.24. The summed E-state index contributed by atoms with van der Waals surface area (Å²) in [6.45, 7) is 7.27. The number of hydrogen-bond donors (Lipinski definition) is 2. The molecule has 0 aliphatic heterocycles. The summed E-state index contributed by atoms with van der Waals surface area (Å²) in [4.78, 5) is 4.69. The second kappa shape index (κ2) is 12.5.